The van der Waals surface area contributed by atoms with Gasteiger partial charge in [-0.15, -0.1) is 11.3 Å². The predicted molar refractivity (Wildman–Crippen MR) is 111 cm³/mol. The van der Waals surface area contributed by atoms with Gasteiger partial charge in [-0.3, -0.25) is 14.2 Å². The summed E-state index contributed by atoms with van der Waals surface area (Å²) >= 11 is 1.44. The molecule has 2 heterocycles. The first-order valence-electron chi connectivity index (χ1n) is 8.90. The molecule has 2 aromatic carbocycles. The number of carbonyl (C=O) groups is 1. The van der Waals surface area contributed by atoms with E-state index in [2.05, 4.69) is 4.98 Å². The minimum atomic E-state index is -0.545. The van der Waals surface area contributed by atoms with E-state index in [1.54, 1.807) is 0 Å². The fourth-order valence-corrected chi connectivity index (χ4v) is 4.42. The van der Waals surface area contributed by atoms with E-state index in [9.17, 15) is 14.0 Å². The maximum absolute atomic E-state index is 13.6. The third kappa shape index (κ3) is 3.45. The van der Waals surface area contributed by atoms with Crippen LogP contribution in [0.3, 0.4) is 0 Å². The lowest BCUT2D eigenvalue weighted by molar-refractivity contribution is 0.0967. The number of fused-ring (bicyclic) bond motifs is 1. The van der Waals surface area contributed by atoms with E-state index in [-0.39, 0.29) is 23.4 Å². The summed E-state index contributed by atoms with van der Waals surface area (Å²) < 4.78 is 20.0. The van der Waals surface area contributed by atoms with Gasteiger partial charge in [-0.1, -0.05) is 30.3 Å². The molecular weight excluding hydrogens is 391 g/mol. The Kier molecular flexibility index (Phi) is 4.98. The summed E-state index contributed by atoms with van der Waals surface area (Å²) in [4.78, 5) is 31.7. The summed E-state index contributed by atoms with van der Waals surface area (Å²) in [5.74, 6) is -0.714. The third-order valence-corrected chi connectivity index (χ3v) is 5.98. The number of benzene rings is 2. The zero-order chi connectivity index (χ0) is 20.5. The lowest BCUT2D eigenvalue weighted by Gasteiger charge is -2.09. The molecule has 0 saturated carbocycles. The molecule has 0 aliphatic rings. The Morgan fingerprint density at radius 2 is 1.97 bits per heavy atom. The van der Waals surface area contributed by atoms with Gasteiger partial charge in [-0.25, -0.2) is 9.37 Å². The number of carbonyl (C=O) groups excluding carboxylic acids is 1. The molecule has 0 aliphatic carbocycles. The number of hydrogen-bond acceptors (Lipinski definition) is 5. The van der Waals surface area contributed by atoms with Gasteiger partial charge in [0.1, 0.15) is 16.4 Å². The number of nitrogens with zero attached hydrogens (tertiary/aromatic N) is 2. The van der Waals surface area contributed by atoms with E-state index in [0.717, 1.165) is 22.1 Å². The van der Waals surface area contributed by atoms with Crippen LogP contribution in [0.4, 0.5) is 4.39 Å². The van der Waals surface area contributed by atoms with Gasteiger partial charge >= 0.3 is 0 Å². The molecule has 0 amide bonds. The zero-order valence-electron chi connectivity index (χ0n) is 15.8. The number of thiophene rings is 1. The number of hydrogen-bond donors (Lipinski definition) is 0. The molecule has 0 fully saturated rings. The fraction of sp³-hybridized carbons (Fsp3) is 0.136. The van der Waals surface area contributed by atoms with Crippen molar-refractivity contribution in [3.63, 3.8) is 0 Å². The Hall–Kier alpha value is -3.32. The fourth-order valence-electron chi connectivity index (χ4n) is 3.27. The lowest BCUT2D eigenvalue weighted by Crippen LogP contribution is -2.25. The summed E-state index contributed by atoms with van der Waals surface area (Å²) in [5, 5.41) is 0.496. The standard InChI is InChI=1S/C22H17FN2O3S/c1-13-19-21(29-20(13)14-6-4-3-5-7-14)24-12-25(22(19)27)11-17(26)16-10-15(23)8-9-18(16)28-2/h3-10,12H,11H2,1-2H3. The van der Waals surface area contributed by atoms with Gasteiger partial charge < -0.3 is 4.74 Å². The largest absolute Gasteiger partial charge is 0.496 e. The highest BCUT2D eigenvalue weighted by molar-refractivity contribution is 7.22. The Morgan fingerprint density at radius 3 is 2.69 bits per heavy atom. The van der Waals surface area contributed by atoms with Crippen molar-refractivity contribution in [2.45, 2.75) is 13.5 Å². The average Bonchev–Trinajstić information content (AvgIpc) is 3.07. The van der Waals surface area contributed by atoms with Gasteiger partial charge in [0.05, 0.1) is 30.9 Å². The van der Waals surface area contributed by atoms with E-state index in [1.807, 2.05) is 37.3 Å². The van der Waals surface area contributed by atoms with E-state index < -0.39 is 11.6 Å². The van der Waals surface area contributed by atoms with E-state index >= 15 is 0 Å². The maximum atomic E-state index is 13.6. The number of halogens is 1. The second kappa shape index (κ2) is 7.60. The monoisotopic (exact) mass is 408 g/mol. The maximum Gasteiger partial charge on any atom is 0.262 e. The molecule has 0 radical (unpaired) electrons. The van der Waals surface area contributed by atoms with Crippen LogP contribution in [0.25, 0.3) is 20.7 Å². The number of methoxy groups -OCH3 is 1. The van der Waals surface area contributed by atoms with Crippen molar-refractivity contribution < 1.29 is 13.9 Å². The van der Waals surface area contributed by atoms with E-state index in [4.69, 9.17) is 4.74 Å². The minimum absolute atomic E-state index is 0.0894. The van der Waals surface area contributed by atoms with Crippen molar-refractivity contribution in [1.29, 1.82) is 0 Å². The second-order valence-electron chi connectivity index (χ2n) is 6.55. The minimum Gasteiger partial charge on any atom is -0.496 e. The number of ketones is 1. The number of aryl methyl sites for hydroxylation is 1. The molecular formula is C22H17FN2O3S. The van der Waals surface area contributed by atoms with Crippen LogP contribution in [0, 0.1) is 12.7 Å². The molecule has 0 N–H and O–H groups in total. The summed E-state index contributed by atoms with van der Waals surface area (Å²) in [7, 11) is 1.41. The zero-order valence-corrected chi connectivity index (χ0v) is 16.6. The van der Waals surface area contributed by atoms with Gasteiger partial charge in [0.15, 0.2) is 5.78 Å². The van der Waals surface area contributed by atoms with Crippen LogP contribution >= 0.6 is 11.3 Å². The number of rotatable bonds is 5. The van der Waals surface area contributed by atoms with Crippen LogP contribution < -0.4 is 10.3 Å². The van der Waals surface area contributed by atoms with Crippen molar-refractivity contribution in [1.82, 2.24) is 9.55 Å². The molecule has 0 aliphatic heterocycles. The van der Waals surface area contributed by atoms with Gasteiger partial charge in [-0.05, 0) is 36.2 Å². The van der Waals surface area contributed by atoms with Crippen LogP contribution in [-0.2, 0) is 6.54 Å². The Morgan fingerprint density at radius 1 is 1.21 bits per heavy atom. The lowest BCUT2D eigenvalue weighted by atomic mass is 10.1. The van der Waals surface area contributed by atoms with Crippen LogP contribution in [0.2, 0.25) is 0 Å². The molecule has 0 unspecified atom stereocenters. The molecule has 7 heteroatoms. The Balaban J connectivity index is 1.75. The van der Waals surface area contributed by atoms with Crippen LogP contribution in [-0.4, -0.2) is 22.4 Å². The van der Waals surface area contributed by atoms with Crippen molar-refractivity contribution >= 4 is 27.3 Å². The summed E-state index contributed by atoms with van der Waals surface area (Å²) in [6, 6.07) is 13.5. The molecule has 0 spiro atoms. The van der Waals surface area contributed by atoms with Crippen LogP contribution in [0.5, 0.6) is 5.75 Å². The topological polar surface area (TPSA) is 61.2 Å². The number of aromatic nitrogens is 2. The highest BCUT2D eigenvalue weighted by atomic mass is 32.1. The first kappa shape index (κ1) is 19.0. The van der Waals surface area contributed by atoms with Crippen LogP contribution in [0.15, 0.2) is 59.7 Å². The Labute approximate surface area is 170 Å². The molecule has 0 atom stereocenters. The quantitative estimate of drug-likeness (QED) is 0.457. The molecule has 146 valence electrons. The first-order valence-corrected chi connectivity index (χ1v) is 9.72. The smallest absolute Gasteiger partial charge is 0.262 e. The normalized spacial score (nSPS) is 11.0. The summed E-state index contributed by atoms with van der Waals surface area (Å²) in [5.41, 5.74) is 1.64. The highest BCUT2D eigenvalue weighted by Gasteiger charge is 2.19. The molecule has 0 bridgehead atoms. The highest BCUT2D eigenvalue weighted by Crippen LogP contribution is 2.35. The Bertz CT molecular complexity index is 1280. The molecule has 4 rings (SSSR count). The number of ether oxygens (including phenoxy) is 1. The van der Waals surface area contributed by atoms with Gasteiger partial charge in [0.25, 0.3) is 5.56 Å². The van der Waals surface area contributed by atoms with Crippen molar-refractivity contribution in [3.8, 4) is 16.2 Å². The van der Waals surface area contributed by atoms with E-state index in [1.165, 1.54) is 41.5 Å². The van der Waals surface area contributed by atoms with Crippen molar-refractivity contribution in [3.05, 3.63) is 82.2 Å². The van der Waals surface area contributed by atoms with Gasteiger partial charge in [0, 0.05) is 4.88 Å². The van der Waals surface area contributed by atoms with Crippen LogP contribution in [0.1, 0.15) is 15.9 Å². The molecule has 0 saturated heterocycles. The van der Waals surface area contributed by atoms with Crippen molar-refractivity contribution in [2.24, 2.45) is 0 Å². The van der Waals surface area contributed by atoms with Gasteiger partial charge in [-0.2, -0.15) is 0 Å². The molecule has 4 aromatic rings. The first-order chi connectivity index (χ1) is 14.0. The summed E-state index contributed by atoms with van der Waals surface area (Å²) in [6.07, 6.45) is 1.36. The summed E-state index contributed by atoms with van der Waals surface area (Å²) in [6.45, 7) is 1.63. The van der Waals surface area contributed by atoms with Crippen molar-refractivity contribution in [2.75, 3.05) is 7.11 Å². The second-order valence-corrected chi connectivity index (χ2v) is 7.55. The van der Waals surface area contributed by atoms with E-state index in [0.29, 0.717) is 10.2 Å². The third-order valence-electron chi connectivity index (χ3n) is 4.73. The molecule has 2 aromatic heterocycles. The average molecular weight is 408 g/mol. The molecule has 5 nitrogen and oxygen atoms in total. The number of Topliss-reactive ketones (excluding diaryl/α,β-unsaturated/α-hetero) is 1. The molecule has 29 heavy (non-hydrogen) atoms. The SMILES string of the molecule is COc1ccc(F)cc1C(=O)Cn1cnc2sc(-c3ccccc3)c(C)c2c1=O. The van der Waals surface area contributed by atoms with Gasteiger partial charge in [0.2, 0.25) is 0 Å². The predicted octanol–water partition coefficient (Wildman–Crippen LogP) is 4.46.